The highest BCUT2D eigenvalue weighted by atomic mass is 16.5. The van der Waals surface area contributed by atoms with Crippen LogP contribution in [0.5, 0.6) is 5.75 Å². The molecule has 0 unspecified atom stereocenters. The van der Waals surface area contributed by atoms with Gasteiger partial charge < -0.3 is 10.1 Å². The average Bonchev–Trinajstić information content (AvgIpc) is 2.90. The Morgan fingerprint density at radius 3 is 2.56 bits per heavy atom. The Kier molecular flexibility index (Phi) is 3.97. The number of ketones is 1. The lowest BCUT2D eigenvalue weighted by Gasteiger charge is -2.12. The van der Waals surface area contributed by atoms with Crippen LogP contribution >= 0.6 is 0 Å². The molecule has 1 saturated carbocycles. The highest BCUT2D eigenvalue weighted by Crippen LogP contribution is 2.20. The van der Waals surface area contributed by atoms with E-state index >= 15 is 0 Å². The predicted molar refractivity (Wildman–Crippen MR) is 67.7 cm³/mol. The van der Waals surface area contributed by atoms with E-state index in [1.54, 1.807) is 24.3 Å². The lowest BCUT2D eigenvalue weighted by atomic mass is 10.1. The lowest BCUT2D eigenvalue weighted by Crippen LogP contribution is -2.37. The molecule has 96 valence electrons. The van der Waals surface area contributed by atoms with Gasteiger partial charge in [0, 0.05) is 6.04 Å². The van der Waals surface area contributed by atoms with Crippen LogP contribution < -0.4 is 10.1 Å². The van der Waals surface area contributed by atoms with Gasteiger partial charge in [-0.2, -0.15) is 0 Å². The van der Waals surface area contributed by atoms with E-state index in [9.17, 15) is 9.59 Å². The number of benzene rings is 1. The van der Waals surface area contributed by atoms with Crippen molar-refractivity contribution in [2.24, 2.45) is 0 Å². The Morgan fingerprint density at radius 2 is 1.89 bits per heavy atom. The molecule has 1 aromatic carbocycles. The molecule has 0 aliphatic heterocycles. The number of methoxy groups -OCH3 is 1. The van der Waals surface area contributed by atoms with Gasteiger partial charge in [0.2, 0.25) is 0 Å². The van der Waals surface area contributed by atoms with Crippen molar-refractivity contribution in [2.45, 2.75) is 31.7 Å². The van der Waals surface area contributed by atoms with Gasteiger partial charge in [-0.25, -0.2) is 0 Å². The van der Waals surface area contributed by atoms with E-state index in [1.807, 2.05) is 0 Å². The van der Waals surface area contributed by atoms with Crippen LogP contribution in [0.25, 0.3) is 0 Å². The van der Waals surface area contributed by atoms with Crippen LogP contribution in [-0.4, -0.2) is 24.8 Å². The van der Waals surface area contributed by atoms with Crippen LogP contribution in [0.15, 0.2) is 24.3 Å². The van der Waals surface area contributed by atoms with Crippen molar-refractivity contribution in [3.8, 4) is 5.75 Å². The molecule has 1 aromatic rings. The number of hydrogen-bond acceptors (Lipinski definition) is 3. The molecule has 4 nitrogen and oxygen atoms in total. The smallest absolute Gasteiger partial charge is 0.292 e. The van der Waals surface area contributed by atoms with E-state index in [0.717, 1.165) is 25.7 Å². The first-order valence-corrected chi connectivity index (χ1v) is 6.20. The number of hydrogen-bond donors (Lipinski definition) is 1. The van der Waals surface area contributed by atoms with E-state index in [-0.39, 0.29) is 6.04 Å². The Labute approximate surface area is 106 Å². The van der Waals surface area contributed by atoms with Gasteiger partial charge in [0.1, 0.15) is 5.75 Å². The van der Waals surface area contributed by atoms with Gasteiger partial charge in [-0.15, -0.1) is 0 Å². The summed E-state index contributed by atoms with van der Waals surface area (Å²) in [5.74, 6) is -0.630. The number of rotatable bonds is 4. The molecule has 0 saturated heterocycles. The topological polar surface area (TPSA) is 55.4 Å². The first-order valence-electron chi connectivity index (χ1n) is 6.20. The maximum absolute atomic E-state index is 12.0. The van der Waals surface area contributed by atoms with Crippen LogP contribution in [0.4, 0.5) is 0 Å². The number of ether oxygens (including phenoxy) is 1. The van der Waals surface area contributed by atoms with Crippen LogP contribution in [0.1, 0.15) is 36.0 Å². The third-order valence-electron chi connectivity index (χ3n) is 3.25. The molecule has 1 aliphatic carbocycles. The summed E-state index contributed by atoms with van der Waals surface area (Å²) in [4.78, 5) is 23.9. The minimum absolute atomic E-state index is 0.149. The minimum atomic E-state index is -0.536. The van der Waals surface area contributed by atoms with Crippen molar-refractivity contribution in [1.29, 1.82) is 0 Å². The minimum Gasteiger partial charge on any atom is -0.496 e. The van der Waals surface area contributed by atoms with E-state index in [0.29, 0.717) is 11.3 Å². The van der Waals surface area contributed by atoms with Gasteiger partial charge in [0.15, 0.2) is 0 Å². The second-order valence-corrected chi connectivity index (χ2v) is 4.48. The Bertz CT molecular complexity index is 450. The van der Waals surface area contributed by atoms with E-state index < -0.39 is 11.7 Å². The van der Waals surface area contributed by atoms with Crippen molar-refractivity contribution in [3.63, 3.8) is 0 Å². The lowest BCUT2D eigenvalue weighted by molar-refractivity contribution is -0.117. The third-order valence-corrected chi connectivity index (χ3v) is 3.25. The second kappa shape index (κ2) is 5.67. The molecule has 0 aromatic heterocycles. The summed E-state index contributed by atoms with van der Waals surface area (Å²) >= 11 is 0. The fourth-order valence-corrected chi connectivity index (χ4v) is 2.28. The van der Waals surface area contributed by atoms with Gasteiger partial charge in [0.25, 0.3) is 11.7 Å². The third kappa shape index (κ3) is 2.70. The molecule has 1 fully saturated rings. The Balaban J connectivity index is 2.07. The fraction of sp³-hybridized carbons (Fsp3) is 0.429. The fourth-order valence-electron chi connectivity index (χ4n) is 2.28. The largest absolute Gasteiger partial charge is 0.496 e. The quantitative estimate of drug-likeness (QED) is 0.653. The molecular weight excluding hydrogens is 230 g/mol. The van der Waals surface area contributed by atoms with Gasteiger partial charge in [-0.1, -0.05) is 25.0 Å². The molecule has 0 heterocycles. The summed E-state index contributed by atoms with van der Waals surface area (Å²) in [5.41, 5.74) is 0.315. The highest BCUT2D eigenvalue weighted by molar-refractivity contribution is 6.43. The summed E-state index contributed by atoms with van der Waals surface area (Å²) in [5, 5.41) is 2.78. The zero-order chi connectivity index (χ0) is 13.0. The molecular formula is C14H17NO3. The molecule has 0 bridgehead atoms. The van der Waals surface area contributed by atoms with Crippen LogP contribution in [-0.2, 0) is 4.79 Å². The van der Waals surface area contributed by atoms with Crippen molar-refractivity contribution in [3.05, 3.63) is 29.8 Å². The molecule has 2 rings (SSSR count). The SMILES string of the molecule is COc1ccccc1C(=O)C(=O)NC1CCCC1. The number of carbonyl (C=O) groups is 2. The summed E-state index contributed by atoms with van der Waals surface area (Å²) < 4.78 is 5.09. The van der Waals surface area contributed by atoms with Crippen molar-refractivity contribution >= 4 is 11.7 Å². The number of para-hydroxylation sites is 1. The van der Waals surface area contributed by atoms with Crippen molar-refractivity contribution in [1.82, 2.24) is 5.32 Å². The molecule has 1 amide bonds. The number of amides is 1. The number of carbonyl (C=O) groups excluding carboxylic acids is 2. The zero-order valence-corrected chi connectivity index (χ0v) is 10.4. The normalized spacial score (nSPS) is 15.4. The highest BCUT2D eigenvalue weighted by Gasteiger charge is 2.24. The standard InChI is InChI=1S/C14H17NO3/c1-18-12-9-5-4-8-11(12)13(16)14(17)15-10-6-2-3-7-10/h4-5,8-10H,2-3,6-7H2,1H3,(H,15,17). The molecule has 0 spiro atoms. The predicted octanol–water partition coefficient (Wildman–Crippen LogP) is 1.94. The van der Waals surface area contributed by atoms with Crippen molar-refractivity contribution < 1.29 is 14.3 Å². The number of nitrogens with one attached hydrogen (secondary N) is 1. The summed E-state index contributed by atoms with van der Waals surface area (Å²) in [6.45, 7) is 0. The zero-order valence-electron chi connectivity index (χ0n) is 10.4. The molecule has 18 heavy (non-hydrogen) atoms. The first kappa shape index (κ1) is 12.6. The maximum atomic E-state index is 12.0. The summed E-state index contributed by atoms with van der Waals surface area (Å²) in [6, 6.07) is 6.92. The van der Waals surface area contributed by atoms with Gasteiger partial charge in [0.05, 0.1) is 12.7 Å². The maximum Gasteiger partial charge on any atom is 0.292 e. The van der Waals surface area contributed by atoms with E-state index in [4.69, 9.17) is 4.74 Å². The summed E-state index contributed by atoms with van der Waals surface area (Å²) in [7, 11) is 1.49. The summed E-state index contributed by atoms with van der Waals surface area (Å²) in [6.07, 6.45) is 4.16. The van der Waals surface area contributed by atoms with Crippen molar-refractivity contribution in [2.75, 3.05) is 7.11 Å². The van der Waals surface area contributed by atoms with Crippen LogP contribution in [0.2, 0.25) is 0 Å². The van der Waals surface area contributed by atoms with Crippen LogP contribution in [0.3, 0.4) is 0 Å². The van der Waals surface area contributed by atoms with Gasteiger partial charge in [-0.05, 0) is 25.0 Å². The molecule has 0 radical (unpaired) electrons. The van der Waals surface area contributed by atoms with E-state index in [2.05, 4.69) is 5.32 Å². The molecule has 1 aliphatic rings. The molecule has 0 atom stereocenters. The molecule has 4 heteroatoms. The van der Waals surface area contributed by atoms with Gasteiger partial charge >= 0.3 is 0 Å². The average molecular weight is 247 g/mol. The monoisotopic (exact) mass is 247 g/mol. The second-order valence-electron chi connectivity index (χ2n) is 4.48. The van der Waals surface area contributed by atoms with Gasteiger partial charge in [-0.3, -0.25) is 9.59 Å². The van der Waals surface area contributed by atoms with Crippen LogP contribution in [0, 0.1) is 0 Å². The van der Waals surface area contributed by atoms with E-state index in [1.165, 1.54) is 7.11 Å². The molecule has 1 N–H and O–H groups in total. The Hall–Kier alpha value is -1.84. The number of Topliss-reactive ketones (excluding diaryl/α,β-unsaturated/α-hetero) is 1. The first-order chi connectivity index (χ1) is 8.72. The Morgan fingerprint density at radius 1 is 1.22 bits per heavy atom.